The summed E-state index contributed by atoms with van der Waals surface area (Å²) in [6.45, 7) is 3.71. The normalized spacial score (nSPS) is 18.9. The molecular weight excluding hydrogens is 663 g/mol. The second-order valence-electron chi connectivity index (χ2n) is 13.4. The molecule has 0 bridgehead atoms. The third-order valence-corrected chi connectivity index (χ3v) is 11.0. The molecule has 9 nitrogen and oxygen atoms in total. The predicted octanol–water partition coefficient (Wildman–Crippen LogP) is 7.41. The van der Waals surface area contributed by atoms with Crippen LogP contribution in [0.25, 0.3) is 33.6 Å². The van der Waals surface area contributed by atoms with Crippen molar-refractivity contribution in [1.29, 1.82) is 0 Å². The number of benzene rings is 2. The number of carbonyl (C=O) groups excluding carboxylic acids is 1. The summed E-state index contributed by atoms with van der Waals surface area (Å²) in [6, 6.07) is 18.9. The molecule has 1 saturated carbocycles. The van der Waals surface area contributed by atoms with Crippen LogP contribution in [0.4, 0.5) is 0 Å². The number of carboxylic acid groups (broad SMARTS) is 1. The molecule has 1 spiro atoms. The molecule has 2 aromatic carbocycles. The number of rotatable bonds is 10. The zero-order chi connectivity index (χ0) is 34.3. The Morgan fingerprint density at radius 2 is 1.41 bits per heavy atom. The summed E-state index contributed by atoms with van der Waals surface area (Å²) in [5.41, 5.74) is 6.26. The van der Waals surface area contributed by atoms with Gasteiger partial charge in [0.2, 0.25) is 11.8 Å². The number of ketones is 1. The minimum absolute atomic E-state index is 0.163. The Bertz CT molecular complexity index is 1930. The van der Waals surface area contributed by atoms with Gasteiger partial charge in [0.1, 0.15) is 11.8 Å². The highest BCUT2D eigenvalue weighted by Crippen LogP contribution is 2.45. The van der Waals surface area contributed by atoms with Gasteiger partial charge in [-0.05, 0) is 37.9 Å². The van der Waals surface area contributed by atoms with Crippen molar-refractivity contribution in [1.82, 2.24) is 19.8 Å². The van der Waals surface area contributed by atoms with E-state index in [1.165, 1.54) is 0 Å². The molecule has 49 heavy (non-hydrogen) atoms. The Labute approximate surface area is 295 Å². The second-order valence-corrected chi connectivity index (χ2v) is 14.1. The van der Waals surface area contributed by atoms with Crippen molar-refractivity contribution in [2.24, 2.45) is 5.41 Å². The third-order valence-electron chi connectivity index (χ3n) is 10.1. The van der Waals surface area contributed by atoms with Crippen LogP contribution < -0.4 is 9.47 Å². The Balaban J connectivity index is 1.13. The molecule has 1 atom stereocenters. The van der Waals surface area contributed by atoms with Gasteiger partial charge in [-0.3, -0.25) is 19.4 Å². The minimum Gasteiger partial charge on any atom is -0.481 e. The van der Waals surface area contributed by atoms with Crippen molar-refractivity contribution in [3.63, 3.8) is 0 Å². The smallest absolute Gasteiger partial charge is 0.320 e. The summed E-state index contributed by atoms with van der Waals surface area (Å²) < 4.78 is 11.4. The van der Waals surface area contributed by atoms with Crippen molar-refractivity contribution in [3.8, 4) is 45.4 Å². The van der Waals surface area contributed by atoms with Crippen LogP contribution in [0.5, 0.6) is 11.8 Å². The fourth-order valence-electron chi connectivity index (χ4n) is 7.75. The van der Waals surface area contributed by atoms with E-state index < -0.39 is 12.0 Å². The fraction of sp³-hybridized carbons (Fsp3) is 0.368. The first-order valence-corrected chi connectivity index (χ1v) is 17.3. The second kappa shape index (κ2) is 13.7. The molecule has 0 amide bonds. The minimum atomic E-state index is -0.807. The van der Waals surface area contributed by atoms with Crippen molar-refractivity contribution in [2.75, 3.05) is 33.9 Å². The standard InChI is InChI=1S/C38H38Cl2N4O5/c1-48-35-23(19-43-21-38(22-43)16-15-25(45)18-38)11-13-30(41-35)28-8-3-6-26(33(28)39)27-7-4-9-29(34(27)40)31-14-12-24(36(42-31)49-2)20-44-17-5-10-32(44)37(46)47/h3-4,6-9,11-14,32H,5,10,15-22H2,1-2H3,(H,46,47)/t32-/m0/s1. The number of methoxy groups -OCH3 is 2. The summed E-state index contributed by atoms with van der Waals surface area (Å²) >= 11 is 14.2. The van der Waals surface area contributed by atoms with E-state index in [9.17, 15) is 14.7 Å². The number of pyridine rings is 2. The van der Waals surface area contributed by atoms with Gasteiger partial charge in [0.05, 0.1) is 35.7 Å². The van der Waals surface area contributed by atoms with E-state index in [0.29, 0.717) is 83.4 Å². The van der Waals surface area contributed by atoms with Gasteiger partial charge in [-0.15, -0.1) is 0 Å². The summed E-state index contributed by atoms with van der Waals surface area (Å²) in [7, 11) is 3.19. The van der Waals surface area contributed by atoms with Crippen molar-refractivity contribution >= 4 is 35.0 Å². The van der Waals surface area contributed by atoms with Crippen molar-refractivity contribution < 1.29 is 24.2 Å². The number of aliphatic carboxylic acids is 1. The lowest BCUT2D eigenvalue weighted by atomic mass is 9.78. The maximum atomic E-state index is 11.8. The molecule has 0 radical (unpaired) electrons. The van der Waals surface area contributed by atoms with Crippen molar-refractivity contribution in [2.45, 2.75) is 51.2 Å². The van der Waals surface area contributed by atoms with Crippen LogP contribution in [0.2, 0.25) is 10.0 Å². The van der Waals surface area contributed by atoms with E-state index in [2.05, 4.69) is 4.90 Å². The number of carbonyl (C=O) groups is 2. The maximum Gasteiger partial charge on any atom is 0.320 e. The summed E-state index contributed by atoms with van der Waals surface area (Å²) in [6.07, 6.45) is 3.87. The highest BCUT2D eigenvalue weighted by molar-refractivity contribution is 6.39. The van der Waals surface area contributed by atoms with Gasteiger partial charge in [0.15, 0.2) is 0 Å². The number of likely N-dealkylation sites (tertiary alicyclic amines) is 2. The zero-order valence-corrected chi connectivity index (χ0v) is 29.1. The molecule has 4 heterocycles. The van der Waals surface area contributed by atoms with E-state index in [1.807, 2.05) is 65.6 Å². The zero-order valence-electron chi connectivity index (χ0n) is 27.5. The number of carboxylic acids is 1. The van der Waals surface area contributed by atoms with E-state index in [-0.39, 0.29) is 5.41 Å². The van der Waals surface area contributed by atoms with E-state index in [0.717, 1.165) is 53.7 Å². The molecular formula is C38H38Cl2N4O5. The van der Waals surface area contributed by atoms with Crippen LogP contribution in [0.1, 0.15) is 43.2 Å². The van der Waals surface area contributed by atoms with Gasteiger partial charge in [-0.25, -0.2) is 9.97 Å². The first-order valence-electron chi connectivity index (χ1n) is 16.6. The molecule has 1 aliphatic carbocycles. The monoisotopic (exact) mass is 700 g/mol. The average molecular weight is 702 g/mol. The van der Waals surface area contributed by atoms with E-state index >= 15 is 0 Å². The number of ether oxygens (including phenoxy) is 2. The number of nitrogens with zero attached hydrogens (tertiary/aromatic N) is 4. The molecule has 254 valence electrons. The van der Waals surface area contributed by atoms with Gasteiger partial charge in [-0.1, -0.05) is 71.7 Å². The molecule has 3 aliphatic rings. The van der Waals surface area contributed by atoms with Crippen LogP contribution >= 0.6 is 23.2 Å². The molecule has 4 aromatic rings. The molecule has 2 aromatic heterocycles. The van der Waals surface area contributed by atoms with Crippen molar-refractivity contribution in [3.05, 3.63) is 81.8 Å². The lowest BCUT2D eigenvalue weighted by Gasteiger charge is -2.48. The fourth-order valence-corrected chi connectivity index (χ4v) is 8.40. The summed E-state index contributed by atoms with van der Waals surface area (Å²) in [4.78, 5) is 37.5. The largest absolute Gasteiger partial charge is 0.481 e. The van der Waals surface area contributed by atoms with Crippen LogP contribution in [0, 0.1) is 5.41 Å². The Hall–Kier alpha value is -4.02. The average Bonchev–Trinajstić information content (AvgIpc) is 3.72. The predicted molar refractivity (Wildman–Crippen MR) is 189 cm³/mol. The Morgan fingerprint density at radius 3 is 1.92 bits per heavy atom. The highest BCUT2D eigenvalue weighted by Gasteiger charge is 2.47. The summed E-state index contributed by atoms with van der Waals surface area (Å²) in [5, 5.41) is 10.6. The van der Waals surface area contributed by atoms with Crippen LogP contribution in [0.15, 0.2) is 60.7 Å². The number of hydrogen-bond donors (Lipinski definition) is 1. The molecule has 2 aliphatic heterocycles. The molecule has 11 heteroatoms. The molecule has 1 N–H and O–H groups in total. The number of halogens is 2. The number of aromatic nitrogens is 2. The molecule has 7 rings (SSSR count). The molecule has 2 saturated heterocycles. The van der Waals surface area contributed by atoms with Gasteiger partial charge in [0.25, 0.3) is 0 Å². The SMILES string of the molecule is COc1nc(-c2cccc(-c3cccc(-c4ccc(CN5CCC[C@H]5C(=O)O)c(OC)n4)c3Cl)c2Cl)ccc1CN1CC2(CCC(=O)C2)C1. The van der Waals surface area contributed by atoms with E-state index in [1.54, 1.807) is 14.2 Å². The van der Waals surface area contributed by atoms with E-state index in [4.69, 9.17) is 42.6 Å². The topological polar surface area (TPSA) is 105 Å². The quantitative estimate of drug-likeness (QED) is 0.181. The lowest BCUT2D eigenvalue weighted by molar-refractivity contribution is -0.142. The van der Waals surface area contributed by atoms with Gasteiger partial charge in [-0.2, -0.15) is 0 Å². The number of hydrogen-bond acceptors (Lipinski definition) is 8. The van der Waals surface area contributed by atoms with Gasteiger partial charge < -0.3 is 14.6 Å². The van der Waals surface area contributed by atoms with Crippen LogP contribution in [-0.2, 0) is 22.7 Å². The first-order chi connectivity index (χ1) is 23.7. The lowest BCUT2D eigenvalue weighted by Crippen LogP contribution is -2.54. The third kappa shape index (κ3) is 6.53. The van der Waals surface area contributed by atoms with Crippen LogP contribution in [0.3, 0.4) is 0 Å². The van der Waals surface area contributed by atoms with Gasteiger partial charge >= 0.3 is 5.97 Å². The molecule has 0 unspecified atom stereocenters. The molecule has 3 fully saturated rings. The van der Waals surface area contributed by atoms with Crippen LogP contribution in [-0.4, -0.2) is 76.5 Å². The number of Topliss-reactive ketones (excluding diaryl/α,β-unsaturated/α-hetero) is 1. The summed E-state index contributed by atoms with van der Waals surface area (Å²) in [5.74, 6) is 0.557. The maximum absolute atomic E-state index is 11.8. The highest BCUT2D eigenvalue weighted by atomic mass is 35.5. The Kier molecular flexibility index (Phi) is 9.37. The Morgan fingerprint density at radius 1 is 0.857 bits per heavy atom. The first kappa shape index (κ1) is 33.5. The van der Waals surface area contributed by atoms with Gasteiger partial charge in [0, 0.05) is 77.8 Å².